The average molecular weight is 322 g/mol. The minimum absolute atomic E-state index is 0.0504. The number of nitrogens with two attached hydrogens (primary N) is 2. The number of pyridine rings is 1. The van der Waals surface area contributed by atoms with Crippen molar-refractivity contribution in [3.63, 3.8) is 0 Å². The highest BCUT2D eigenvalue weighted by atomic mass is 16.6. The zero-order valence-electron chi connectivity index (χ0n) is 12.6. The van der Waals surface area contributed by atoms with E-state index in [1.165, 1.54) is 18.3 Å². The van der Waals surface area contributed by atoms with E-state index >= 15 is 0 Å². The third kappa shape index (κ3) is 2.90. The number of rotatable bonds is 4. The summed E-state index contributed by atoms with van der Waals surface area (Å²) in [5.74, 6) is 0.326. The zero-order valence-corrected chi connectivity index (χ0v) is 12.6. The monoisotopic (exact) mass is 322 g/mol. The first-order chi connectivity index (χ1) is 11.6. The van der Waals surface area contributed by atoms with Gasteiger partial charge in [0.15, 0.2) is 5.82 Å². The van der Waals surface area contributed by atoms with Gasteiger partial charge in [0.2, 0.25) is 0 Å². The molecule has 0 aliphatic rings. The Bertz CT molecular complexity index is 898. The van der Waals surface area contributed by atoms with Crippen LogP contribution in [0.5, 0.6) is 0 Å². The number of benzene rings is 1. The van der Waals surface area contributed by atoms with E-state index in [1.54, 1.807) is 24.5 Å². The molecule has 0 saturated carbocycles. The minimum Gasteiger partial charge on any atom is -0.396 e. The lowest BCUT2D eigenvalue weighted by molar-refractivity contribution is -0.384. The smallest absolute Gasteiger partial charge is 0.270 e. The molecule has 24 heavy (non-hydrogen) atoms. The number of nitrogens with zero attached hydrogens (tertiary/aromatic N) is 4. The van der Waals surface area contributed by atoms with Crippen LogP contribution < -0.4 is 11.5 Å². The summed E-state index contributed by atoms with van der Waals surface area (Å²) in [4.78, 5) is 23.3. The molecule has 0 unspecified atom stereocenters. The quantitative estimate of drug-likeness (QED) is 0.555. The van der Waals surface area contributed by atoms with E-state index in [1.807, 2.05) is 6.07 Å². The van der Waals surface area contributed by atoms with E-state index in [4.69, 9.17) is 11.5 Å². The summed E-state index contributed by atoms with van der Waals surface area (Å²) in [7, 11) is 0. The first kappa shape index (κ1) is 15.5. The van der Waals surface area contributed by atoms with Crippen molar-refractivity contribution in [3.05, 3.63) is 64.6 Å². The van der Waals surface area contributed by atoms with E-state index in [0.29, 0.717) is 28.3 Å². The van der Waals surface area contributed by atoms with Crippen LogP contribution in [0.3, 0.4) is 0 Å². The second-order valence-corrected chi connectivity index (χ2v) is 5.04. The Labute approximate surface area is 137 Å². The molecule has 0 radical (unpaired) electrons. The van der Waals surface area contributed by atoms with Gasteiger partial charge in [-0.3, -0.25) is 15.1 Å². The summed E-state index contributed by atoms with van der Waals surface area (Å²) in [6.07, 6.45) is 4.76. The van der Waals surface area contributed by atoms with E-state index in [9.17, 15) is 10.1 Å². The van der Waals surface area contributed by atoms with Gasteiger partial charge in [-0.25, -0.2) is 9.97 Å². The van der Waals surface area contributed by atoms with Crippen molar-refractivity contribution in [3.8, 4) is 22.6 Å². The van der Waals surface area contributed by atoms with Gasteiger partial charge in [-0.1, -0.05) is 6.07 Å². The number of non-ortho nitro benzene ring substituents is 1. The fourth-order valence-corrected chi connectivity index (χ4v) is 2.32. The van der Waals surface area contributed by atoms with Gasteiger partial charge in [0, 0.05) is 42.2 Å². The fourth-order valence-electron chi connectivity index (χ4n) is 2.32. The van der Waals surface area contributed by atoms with Crippen molar-refractivity contribution in [2.75, 3.05) is 5.73 Å². The van der Waals surface area contributed by atoms with Gasteiger partial charge in [0.1, 0.15) is 0 Å². The maximum atomic E-state index is 11.0. The van der Waals surface area contributed by atoms with Crippen LogP contribution in [-0.4, -0.2) is 19.9 Å². The Balaban J connectivity index is 2.17. The largest absolute Gasteiger partial charge is 0.396 e. The molecule has 3 aromatic rings. The number of hydrogen-bond donors (Lipinski definition) is 2. The zero-order chi connectivity index (χ0) is 17.1. The molecular weight excluding hydrogens is 308 g/mol. The Hall–Kier alpha value is -3.39. The molecule has 8 nitrogen and oxygen atoms in total. The standard InChI is InChI=1S/C16H14N6O2/c17-7-10-3-4-12(22(23)24)6-13(10)16-20-9-14(18)15(21-16)11-2-1-5-19-8-11/h1-6,8-9H,7,17-18H2. The number of nitrogen functional groups attached to an aromatic ring is 1. The Kier molecular flexibility index (Phi) is 4.13. The Morgan fingerprint density at radius 2 is 2.04 bits per heavy atom. The normalized spacial score (nSPS) is 10.5. The fraction of sp³-hybridized carbons (Fsp3) is 0.0625. The Morgan fingerprint density at radius 3 is 2.71 bits per heavy atom. The van der Waals surface area contributed by atoms with Gasteiger partial charge >= 0.3 is 0 Å². The maximum Gasteiger partial charge on any atom is 0.270 e. The third-order valence-electron chi connectivity index (χ3n) is 3.52. The van der Waals surface area contributed by atoms with Crippen LogP contribution in [0.15, 0.2) is 48.9 Å². The lowest BCUT2D eigenvalue weighted by Crippen LogP contribution is -2.04. The van der Waals surface area contributed by atoms with Gasteiger partial charge in [0.05, 0.1) is 22.5 Å². The molecule has 4 N–H and O–H groups in total. The van der Waals surface area contributed by atoms with Crippen LogP contribution >= 0.6 is 0 Å². The van der Waals surface area contributed by atoms with Crippen molar-refractivity contribution < 1.29 is 4.92 Å². The molecule has 0 bridgehead atoms. The summed E-state index contributed by atoms with van der Waals surface area (Å²) >= 11 is 0. The van der Waals surface area contributed by atoms with Crippen molar-refractivity contribution in [2.45, 2.75) is 6.54 Å². The molecule has 0 spiro atoms. The highest BCUT2D eigenvalue weighted by Crippen LogP contribution is 2.29. The number of hydrogen-bond acceptors (Lipinski definition) is 7. The Morgan fingerprint density at radius 1 is 1.21 bits per heavy atom. The van der Waals surface area contributed by atoms with E-state index in [-0.39, 0.29) is 12.2 Å². The van der Waals surface area contributed by atoms with Gasteiger partial charge in [-0.2, -0.15) is 0 Å². The van der Waals surface area contributed by atoms with Crippen molar-refractivity contribution in [2.24, 2.45) is 5.73 Å². The first-order valence-corrected chi connectivity index (χ1v) is 7.11. The molecule has 0 amide bonds. The molecule has 8 heteroatoms. The SMILES string of the molecule is NCc1ccc([N+](=O)[O-])cc1-c1ncc(N)c(-c2cccnc2)n1. The van der Waals surface area contributed by atoms with Crippen molar-refractivity contribution in [1.82, 2.24) is 15.0 Å². The average Bonchev–Trinajstić information content (AvgIpc) is 2.62. The van der Waals surface area contributed by atoms with E-state index in [0.717, 1.165) is 5.56 Å². The van der Waals surface area contributed by atoms with Crippen LogP contribution in [0.2, 0.25) is 0 Å². The molecule has 2 heterocycles. The molecular formula is C16H14N6O2. The maximum absolute atomic E-state index is 11.0. The highest BCUT2D eigenvalue weighted by molar-refractivity contribution is 5.74. The molecule has 0 fully saturated rings. The van der Waals surface area contributed by atoms with Gasteiger partial charge in [-0.15, -0.1) is 0 Å². The molecule has 0 atom stereocenters. The summed E-state index contributed by atoms with van der Waals surface area (Å²) in [6, 6.07) is 8.03. The molecule has 1 aromatic carbocycles. The molecule has 2 aromatic heterocycles. The summed E-state index contributed by atoms with van der Waals surface area (Å²) < 4.78 is 0. The summed E-state index contributed by atoms with van der Waals surface area (Å²) in [6.45, 7) is 0.212. The topological polar surface area (TPSA) is 134 Å². The van der Waals surface area contributed by atoms with Crippen LogP contribution in [0.4, 0.5) is 11.4 Å². The predicted molar refractivity (Wildman–Crippen MR) is 89.7 cm³/mol. The number of nitro benzene ring substituents is 1. The number of anilines is 1. The van der Waals surface area contributed by atoms with Gasteiger partial charge < -0.3 is 11.5 Å². The van der Waals surface area contributed by atoms with Crippen LogP contribution in [-0.2, 0) is 6.54 Å². The number of aromatic nitrogens is 3. The summed E-state index contributed by atoms with van der Waals surface area (Å²) in [5, 5.41) is 11.0. The van der Waals surface area contributed by atoms with Crippen molar-refractivity contribution >= 4 is 11.4 Å². The minimum atomic E-state index is -0.469. The number of nitro groups is 1. The predicted octanol–water partition coefficient (Wildman–Crippen LogP) is 2.15. The van der Waals surface area contributed by atoms with Gasteiger partial charge in [-0.05, 0) is 17.7 Å². The molecule has 3 rings (SSSR count). The molecule has 0 aliphatic carbocycles. The lowest BCUT2D eigenvalue weighted by Gasteiger charge is -2.10. The van der Waals surface area contributed by atoms with Crippen LogP contribution in [0.1, 0.15) is 5.56 Å². The lowest BCUT2D eigenvalue weighted by atomic mass is 10.1. The van der Waals surface area contributed by atoms with E-state index in [2.05, 4.69) is 15.0 Å². The van der Waals surface area contributed by atoms with Crippen molar-refractivity contribution in [1.29, 1.82) is 0 Å². The summed E-state index contributed by atoms with van der Waals surface area (Å²) in [5.41, 5.74) is 14.5. The second kappa shape index (κ2) is 6.39. The van der Waals surface area contributed by atoms with E-state index < -0.39 is 4.92 Å². The van der Waals surface area contributed by atoms with Gasteiger partial charge in [0.25, 0.3) is 5.69 Å². The molecule has 0 aliphatic heterocycles. The molecule has 0 saturated heterocycles. The highest BCUT2D eigenvalue weighted by Gasteiger charge is 2.15. The third-order valence-corrected chi connectivity index (χ3v) is 3.52. The molecule has 120 valence electrons. The van der Waals surface area contributed by atoms with Crippen LogP contribution in [0.25, 0.3) is 22.6 Å². The second-order valence-electron chi connectivity index (χ2n) is 5.04. The van der Waals surface area contributed by atoms with Crippen LogP contribution in [0, 0.1) is 10.1 Å². The first-order valence-electron chi connectivity index (χ1n) is 7.11.